The fraction of sp³-hybridized carbons (Fsp3) is 0.176. The topological polar surface area (TPSA) is 98.7 Å². The quantitative estimate of drug-likeness (QED) is 0.630. The molecule has 0 aliphatic rings. The molecule has 0 saturated heterocycles. The predicted molar refractivity (Wildman–Crippen MR) is 85.6 cm³/mol. The summed E-state index contributed by atoms with van der Waals surface area (Å²) in [5.74, 6) is -0.679. The van der Waals surface area contributed by atoms with Gasteiger partial charge in [-0.2, -0.15) is 0 Å². The van der Waals surface area contributed by atoms with Crippen molar-refractivity contribution in [1.82, 2.24) is 10.6 Å². The van der Waals surface area contributed by atoms with Gasteiger partial charge in [0, 0.05) is 18.7 Å². The number of carbonyl (C=O) groups excluding carboxylic acids is 2. The summed E-state index contributed by atoms with van der Waals surface area (Å²) >= 11 is 0. The van der Waals surface area contributed by atoms with E-state index in [2.05, 4.69) is 10.6 Å². The van der Waals surface area contributed by atoms with E-state index >= 15 is 0 Å². The normalized spacial score (nSPS) is 10.1. The smallest absolute Gasteiger partial charge is 0.255 e. The first-order chi connectivity index (χ1) is 11.0. The van der Waals surface area contributed by atoms with Gasteiger partial charge in [-0.1, -0.05) is 6.07 Å². The summed E-state index contributed by atoms with van der Waals surface area (Å²) in [6.45, 7) is 2.30. The van der Waals surface area contributed by atoms with E-state index in [1.54, 1.807) is 12.1 Å². The maximum Gasteiger partial charge on any atom is 0.255 e. The highest BCUT2D eigenvalue weighted by atomic mass is 16.3. The number of aryl methyl sites for hydroxylation is 1. The third-order valence-corrected chi connectivity index (χ3v) is 3.22. The molecular weight excluding hydrogens is 296 g/mol. The van der Waals surface area contributed by atoms with Crippen LogP contribution in [0.15, 0.2) is 42.5 Å². The van der Waals surface area contributed by atoms with Crippen molar-refractivity contribution in [1.29, 1.82) is 0 Å². The molecule has 23 heavy (non-hydrogen) atoms. The highest BCUT2D eigenvalue weighted by molar-refractivity contribution is 5.97. The number of hydrogen-bond acceptors (Lipinski definition) is 4. The number of rotatable bonds is 5. The monoisotopic (exact) mass is 314 g/mol. The Morgan fingerprint density at radius 1 is 0.913 bits per heavy atom. The molecule has 0 atom stereocenters. The van der Waals surface area contributed by atoms with Gasteiger partial charge in [-0.3, -0.25) is 9.59 Å². The Bertz CT molecular complexity index is 711. The molecule has 120 valence electrons. The number of phenols is 2. The van der Waals surface area contributed by atoms with Crippen LogP contribution < -0.4 is 10.6 Å². The number of nitrogens with one attached hydrogen (secondary N) is 2. The fourth-order valence-corrected chi connectivity index (χ4v) is 2.00. The molecule has 0 bridgehead atoms. The van der Waals surface area contributed by atoms with Crippen LogP contribution in [0.4, 0.5) is 0 Å². The van der Waals surface area contributed by atoms with Crippen molar-refractivity contribution < 1.29 is 19.8 Å². The van der Waals surface area contributed by atoms with Crippen molar-refractivity contribution in [3.05, 3.63) is 59.2 Å². The molecule has 0 aliphatic heterocycles. The number of hydrogen-bond donors (Lipinski definition) is 4. The molecule has 2 aromatic carbocycles. The van der Waals surface area contributed by atoms with E-state index in [9.17, 15) is 14.7 Å². The van der Waals surface area contributed by atoms with Gasteiger partial charge in [0.1, 0.15) is 11.5 Å². The van der Waals surface area contributed by atoms with Gasteiger partial charge in [0.25, 0.3) is 11.8 Å². The lowest BCUT2D eigenvalue weighted by atomic mass is 10.1. The second-order valence-corrected chi connectivity index (χ2v) is 5.08. The van der Waals surface area contributed by atoms with E-state index in [1.165, 1.54) is 30.3 Å². The van der Waals surface area contributed by atoms with Crippen molar-refractivity contribution in [3.63, 3.8) is 0 Å². The lowest BCUT2D eigenvalue weighted by Crippen LogP contribution is -2.34. The zero-order chi connectivity index (χ0) is 16.8. The van der Waals surface area contributed by atoms with Crippen molar-refractivity contribution in [2.45, 2.75) is 6.92 Å². The Morgan fingerprint density at radius 3 is 2.13 bits per heavy atom. The molecule has 0 saturated carbocycles. The molecule has 2 amide bonds. The summed E-state index contributed by atoms with van der Waals surface area (Å²) in [5.41, 5.74) is 1.48. The molecule has 0 fully saturated rings. The number of aromatic hydroxyl groups is 2. The summed E-state index contributed by atoms with van der Waals surface area (Å²) < 4.78 is 0. The fourth-order valence-electron chi connectivity index (χ4n) is 2.00. The molecule has 6 heteroatoms. The van der Waals surface area contributed by atoms with Crippen LogP contribution in [0.25, 0.3) is 0 Å². The van der Waals surface area contributed by atoms with Crippen LogP contribution in [0.2, 0.25) is 0 Å². The number of carbonyl (C=O) groups is 2. The SMILES string of the molecule is Cc1ccc(C(=O)NCCNC(=O)c2ccc(O)cc2)c(O)c1. The Kier molecular flexibility index (Phi) is 5.19. The van der Waals surface area contributed by atoms with Crippen LogP contribution in [0.3, 0.4) is 0 Å². The van der Waals surface area contributed by atoms with E-state index in [4.69, 9.17) is 5.11 Å². The van der Waals surface area contributed by atoms with Gasteiger partial charge in [-0.15, -0.1) is 0 Å². The minimum atomic E-state index is -0.401. The third kappa shape index (κ3) is 4.47. The molecule has 2 rings (SSSR count). The van der Waals surface area contributed by atoms with Gasteiger partial charge in [0.05, 0.1) is 5.56 Å². The molecule has 0 heterocycles. The molecule has 0 aliphatic carbocycles. The molecule has 0 unspecified atom stereocenters. The van der Waals surface area contributed by atoms with Gasteiger partial charge in [-0.25, -0.2) is 0 Å². The van der Waals surface area contributed by atoms with E-state index in [-0.39, 0.29) is 36.1 Å². The first-order valence-corrected chi connectivity index (χ1v) is 7.12. The highest BCUT2D eigenvalue weighted by Crippen LogP contribution is 2.17. The van der Waals surface area contributed by atoms with E-state index in [1.807, 2.05) is 6.92 Å². The maximum atomic E-state index is 11.9. The lowest BCUT2D eigenvalue weighted by molar-refractivity contribution is 0.0926. The summed E-state index contributed by atoms with van der Waals surface area (Å²) in [5, 5.41) is 24.2. The minimum absolute atomic E-state index is 0.0735. The zero-order valence-electron chi connectivity index (χ0n) is 12.7. The molecule has 6 nitrogen and oxygen atoms in total. The van der Waals surface area contributed by atoms with Gasteiger partial charge in [0.15, 0.2) is 0 Å². The van der Waals surface area contributed by atoms with Gasteiger partial charge >= 0.3 is 0 Å². The molecule has 2 aromatic rings. The first kappa shape index (κ1) is 16.4. The second kappa shape index (κ2) is 7.31. The van der Waals surface area contributed by atoms with Crippen LogP contribution in [-0.2, 0) is 0 Å². The first-order valence-electron chi connectivity index (χ1n) is 7.12. The highest BCUT2D eigenvalue weighted by Gasteiger charge is 2.10. The van der Waals surface area contributed by atoms with E-state index in [0.717, 1.165) is 5.56 Å². The summed E-state index contributed by atoms with van der Waals surface area (Å²) in [4.78, 5) is 23.7. The van der Waals surface area contributed by atoms with Crippen molar-refractivity contribution in [2.24, 2.45) is 0 Å². The van der Waals surface area contributed by atoms with Crippen molar-refractivity contribution >= 4 is 11.8 Å². The predicted octanol–water partition coefficient (Wildman–Crippen LogP) is 1.57. The summed E-state index contributed by atoms with van der Waals surface area (Å²) in [6, 6.07) is 10.7. The minimum Gasteiger partial charge on any atom is -0.508 e. The summed E-state index contributed by atoms with van der Waals surface area (Å²) in [6.07, 6.45) is 0. The standard InChI is InChI=1S/C17H18N2O4/c1-11-2-7-14(15(21)10-11)17(23)19-9-8-18-16(22)12-3-5-13(20)6-4-12/h2-7,10,20-21H,8-9H2,1H3,(H,18,22)(H,19,23). The average molecular weight is 314 g/mol. The Hall–Kier alpha value is -3.02. The van der Waals surface area contributed by atoms with Crippen LogP contribution >= 0.6 is 0 Å². The average Bonchev–Trinajstić information content (AvgIpc) is 2.51. The lowest BCUT2D eigenvalue weighted by Gasteiger charge is -2.09. The van der Waals surface area contributed by atoms with Crippen LogP contribution in [0.1, 0.15) is 26.3 Å². The maximum absolute atomic E-state index is 11.9. The van der Waals surface area contributed by atoms with Crippen LogP contribution in [0, 0.1) is 6.92 Å². The van der Waals surface area contributed by atoms with Gasteiger partial charge in [0.2, 0.25) is 0 Å². The molecular formula is C17H18N2O4. The molecule has 0 radical (unpaired) electrons. The van der Waals surface area contributed by atoms with Gasteiger partial charge in [-0.05, 0) is 48.9 Å². The zero-order valence-corrected chi connectivity index (χ0v) is 12.7. The van der Waals surface area contributed by atoms with Crippen molar-refractivity contribution in [2.75, 3.05) is 13.1 Å². The largest absolute Gasteiger partial charge is 0.508 e. The van der Waals surface area contributed by atoms with Gasteiger partial charge < -0.3 is 20.8 Å². The van der Waals surface area contributed by atoms with Crippen LogP contribution in [0.5, 0.6) is 11.5 Å². The molecule has 0 aromatic heterocycles. The van der Waals surface area contributed by atoms with E-state index < -0.39 is 5.91 Å². The number of benzene rings is 2. The third-order valence-electron chi connectivity index (χ3n) is 3.22. The number of phenolic OH excluding ortho intramolecular Hbond substituents is 2. The molecule has 4 N–H and O–H groups in total. The molecule has 0 spiro atoms. The second-order valence-electron chi connectivity index (χ2n) is 5.08. The van der Waals surface area contributed by atoms with Crippen LogP contribution in [-0.4, -0.2) is 35.1 Å². The summed E-state index contributed by atoms with van der Waals surface area (Å²) in [7, 11) is 0. The Balaban J connectivity index is 1.79. The van der Waals surface area contributed by atoms with Crippen molar-refractivity contribution in [3.8, 4) is 11.5 Å². The Labute approximate surface area is 133 Å². The Morgan fingerprint density at radius 2 is 1.52 bits per heavy atom. The number of amides is 2. The van der Waals surface area contributed by atoms with E-state index in [0.29, 0.717) is 5.56 Å².